The molecule has 1 aliphatic rings. The van der Waals surface area contributed by atoms with Gasteiger partial charge in [-0.05, 0) is 25.2 Å². The zero-order valence-electron chi connectivity index (χ0n) is 8.79. The zero-order chi connectivity index (χ0) is 10.0. The maximum Gasteiger partial charge on any atom is 0.234 e. The zero-order valence-corrected chi connectivity index (χ0v) is 8.79. The first-order chi connectivity index (χ1) is 6.00. The molecule has 3 atom stereocenters. The summed E-state index contributed by atoms with van der Waals surface area (Å²) in [6, 6.07) is -0.106. The van der Waals surface area contributed by atoms with E-state index >= 15 is 0 Å². The lowest BCUT2D eigenvalue weighted by Gasteiger charge is -2.37. The van der Waals surface area contributed by atoms with E-state index in [1.165, 1.54) is 6.42 Å². The van der Waals surface area contributed by atoms with Crippen LogP contribution in [0.25, 0.3) is 0 Å². The average Bonchev–Trinajstić information content (AvgIpc) is 2.01. The molecule has 0 spiro atoms. The maximum atomic E-state index is 11.0. The number of amides is 1. The molecule has 3 nitrogen and oxygen atoms in total. The lowest BCUT2D eigenvalue weighted by atomic mass is 9.91. The molecule has 1 saturated heterocycles. The number of piperidine rings is 1. The van der Waals surface area contributed by atoms with Crippen molar-refractivity contribution in [1.29, 1.82) is 0 Å². The van der Waals surface area contributed by atoms with Crippen LogP contribution < -0.4 is 5.73 Å². The highest BCUT2D eigenvalue weighted by molar-refractivity contribution is 5.79. The number of hydrogen-bond acceptors (Lipinski definition) is 2. The Balaban J connectivity index is 2.54. The SMILES string of the molecule is C[C@@H]1C[C@H](C)CN([C@H](C)C(N)=O)C1. The Bertz CT molecular complexity index is 183. The fourth-order valence-corrected chi connectivity index (χ4v) is 2.21. The van der Waals surface area contributed by atoms with E-state index in [1.807, 2.05) is 6.92 Å². The fourth-order valence-electron chi connectivity index (χ4n) is 2.21. The molecule has 3 heteroatoms. The van der Waals surface area contributed by atoms with Gasteiger partial charge >= 0.3 is 0 Å². The Morgan fingerprint density at radius 1 is 1.38 bits per heavy atom. The molecule has 0 aliphatic carbocycles. The minimum absolute atomic E-state index is 0.106. The van der Waals surface area contributed by atoms with Crippen LogP contribution in [0.15, 0.2) is 0 Å². The van der Waals surface area contributed by atoms with E-state index in [1.54, 1.807) is 0 Å². The summed E-state index contributed by atoms with van der Waals surface area (Å²) in [6.45, 7) is 8.38. The number of nitrogens with two attached hydrogens (primary N) is 1. The van der Waals surface area contributed by atoms with Crippen LogP contribution in [0, 0.1) is 11.8 Å². The van der Waals surface area contributed by atoms with Gasteiger partial charge in [0.15, 0.2) is 0 Å². The molecular formula is C10H20N2O. The van der Waals surface area contributed by atoms with Gasteiger partial charge < -0.3 is 5.73 Å². The highest BCUT2D eigenvalue weighted by Gasteiger charge is 2.27. The van der Waals surface area contributed by atoms with Gasteiger partial charge in [0, 0.05) is 13.1 Å². The van der Waals surface area contributed by atoms with Crippen LogP contribution in [0.3, 0.4) is 0 Å². The van der Waals surface area contributed by atoms with Crippen LogP contribution in [0.4, 0.5) is 0 Å². The largest absolute Gasteiger partial charge is 0.368 e. The lowest BCUT2D eigenvalue weighted by molar-refractivity contribution is -0.123. The van der Waals surface area contributed by atoms with Crippen LogP contribution in [0.5, 0.6) is 0 Å². The second-order valence-electron chi connectivity index (χ2n) is 4.48. The van der Waals surface area contributed by atoms with Crippen molar-refractivity contribution in [2.75, 3.05) is 13.1 Å². The van der Waals surface area contributed by atoms with Gasteiger partial charge in [0.05, 0.1) is 6.04 Å². The quantitative estimate of drug-likeness (QED) is 0.691. The van der Waals surface area contributed by atoms with E-state index in [0.29, 0.717) is 11.8 Å². The standard InChI is InChI=1S/C10H20N2O/c1-7-4-8(2)6-12(5-7)9(3)10(11)13/h7-9H,4-6H2,1-3H3,(H2,11,13)/t7-,8+,9-/m1/s1. The van der Waals surface area contributed by atoms with Crippen molar-refractivity contribution < 1.29 is 4.79 Å². The molecule has 0 aromatic carbocycles. The van der Waals surface area contributed by atoms with Gasteiger partial charge in [-0.25, -0.2) is 0 Å². The molecular weight excluding hydrogens is 164 g/mol. The Labute approximate surface area is 80.3 Å². The molecule has 2 N–H and O–H groups in total. The number of rotatable bonds is 2. The van der Waals surface area contributed by atoms with Gasteiger partial charge in [-0.2, -0.15) is 0 Å². The van der Waals surface area contributed by atoms with E-state index in [0.717, 1.165) is 13.1 Å². The molecule has 0 saturated carbocycles. The van der Waals surface area contributed by atoms with Crippen LogP contribution in [0.2, 0.25) is 0 Å². The Kier molecular flexibility index (Phi) is 3.31. The topological polar surface area (TPSA) is 46.3 Å². The monoisotopic (exact) mass is 184 g/mol. The molecule has 1 aliphatic heterocycles. The van der Waals surface area contributed by atoms with Gasteiger partial charge in [-0.15, -0.1) is 0 Å². The first-order valence-electron chi connectivity index (χ1n) is 5.04. The van der Waals surface area contributed by atoms with E-state index in [2.05, 4.69) is 18.7 Å². The molecule has 1 fully saturated rings. The number of nitrogens with zero attached hydrogens (tertiary/aromatic N) is 1. The predicted molar refractivity (Wildman–Crippen MR) is 53.2 cm³/mol. The number of carbonyl (C=O) groups is 1. The summed E-state index contributed by atoms with van der Waals surface area (Å²) in [6.07, 6.45) is 1.27. The molecule has 0 bridgehead atoms. The van der Waals surface area contributed by atoms with Crippen molar-refractivity contribution in [3.05, 3.63) is 0 Å². The Hall–Kier alpha value is -0.570. The molecule has 0 aromatic heterocycles. The summed E-state index contributed by atoms with van der Waals surface area (Å²) in [5, 5.41) is 0. The summed E-state index contributed by atoms with van der Waals surface area (Å²) in [7, 11) is 0. The van der Waals surface area contributed by atoms with Crippen LogP contribution in [0.1, 0.15) is 27.2 Å². The van der Waals surface area contributed by atoms with Crippen molar-refractivity contribution >= 4 is 5.91 Å². The molecule has 1 amide bonds. The van der Waals surface area contributed by atoms with Crippen molar-refractivity contribution in [3.63, 3.8) is 0 Å². The third-order valence-corrected chi connectivity index (χ3v) is 2.86. The Morgan fingerprint density at radius 2 is 1.85 bits per heavy atom. The van der Waals surface area contributed by atoms with E-state index in [4.69, 9.17) is 5.73 Å². The molecule has 76 valence electrons. The first-order valence-corrected chi connectivity index (χ1v) is 5.04. The number of primary amides is 1. The van der Waals surface area contributed by atoms with Crippen LogP contribution in [-0.4, -0.2) is 29.9 Å². The third-order valence-electron chi connectivity index (χ3n) is 2.86. The molecule has 0 radical (unpaired) electrons. The number of hydrogen-bond donors (Lipinski definition) is 1. The highest BCUT2D eigenvalue weighted by Crippen LogP contribution is 2.22. The molecule has 1 rings (SSSR count). The molecule has 0 unspecified atom stereocenters. The first kappa shape index (κ1) is 10.5. The minimum Gasteiger partial charge on any atom is -0.368 e. The van der Waals surface area contributed by atoms with Crippen molar-refractivity contribution in [3.8, 4) is 0 Å². The van der Waals surface area contributed by atoms with Crippen LogP contribution in [-0.2, 0) is 4.79 Å². The summed E-state index contributed by atoms with van der Waals surface area (Å²) in [4.78, 5) is 13.2. The fraction of sp³-hybridized carbons (Fsp3) is 0.900. The number of carbonyl (C=O) groups excluding carboxylic acids is 1. The van der Waals surface area contributed by atoms with Gasteiger partial charge in [-0.1, -0.05) is 13.8 Å². The van der Waals surface area contributed by atoms with E-state index in [-0.39, 0.29) is 11.9 Å². The van der Waals surface area contributed by atoms with Crippen LogP contribution >= 0.6 is 0 Å². The third kappa shape index (κ3) is 2.69. The Morgan fingerprint density at radius 3 is 2.23 bits per heavy atom. The van der Waals surface area contributed by atoms with Crippen molar-refractivity contribution in [1.82, 2.24) is 4.90 Å². The van der Waals surface area contributed by atoms with Gasteiger partial charge in [0.25, 0.3) is 0 Å². The smallest absolute Gasteiger partial charge is 0.234 e. The summed E-state index contributed by atoms with van der Waals surface area (Å²) in [5.74, 6) is 1.16. The highest BCUT2D eigenvalue weighted by atomic mass is 16.1. The number of likely N-dealkylation sites (tertiary alicyclic amines) is 1. The summed E-state index contributed by atoms with van der Waals surface area (Å²) in [5.41, 5.74) is 5.28. The van der Waals surface area contributed by atoms with Gasteiger partial charge in [0.2, 0.25) is 5.91 Å². The second kappa shape index (κ2) is 4.09. The van der Waals surface area contributed by atoms with E-state index in [9.17, 15) is 4.79 Å². The normalized spacial score (nSPS) is 32.8. The lowest BCUT2D eigenvalue weighted by Crippen LogP contribution is -2.49. The molecule has 13 heavy (non-hydrogen) atoms. The minimum atomic E-state index is -0.207. The van der Waals surface area contributed by atoms with Gasteiger partial charge in [0.1, 0.15) is 0 Å². The summed E-state index contributed by atoms with van der Waals surface area (Å²) < 4.78 is 0. The van der Waals surface area contributed by atoms with Crippen molar-refractivity contribution in [2.45, 2.75) is 33.2 Å². The summed E-state index contributed by atoms with van der Waals surface area (Å²) >= 11 is 0. The average molecular weight is 184 g/mol. The maximum absolute atomic E-state index is 11.0. The second-order valence-corrected chi connectivity index (χ2v) is 4.48. The molecule has 1 heterocycles. The molecule has 0 aromatic rings. The van der Waals surface area contributed by atoms with Gasteiger partial charge in [-0.3, -0.25) is 9.69 Å². The predicted octanol–water partition coefficient (Wildman–Crippen LogP) is 0.838. The van der Waals surface area contributed by atoms with Crippen molar-refractivity contribution in [2.24, 2.45) is 17.6 Å². The van der Waals surface area contributed by atoms with E-state index < -0.39 is 0 Å².